The number of esters is 1. The van der Waals surface area contributed by atoms with E-state index in [0.717, 1.165) is 45.7 Å². The topological polar surface area (TPSA) is 129 Å². The van der Waals surface area contributed by atoms with E-state index in [9.17, 15) is 14.4 Å². The molecule has 2 saturated heterocycles. The highest BCUT2D eigenvalue weighted by molar-refractivity contribution is 6.03. The molecular formula is C36H38N4O8. The van der Waals surface area contributed by atoms with E-state index in [-0.39, 0.29) is 37.4 Å². The lowest BCUT2D eigenvalue weighted by Gasteiger charge is -2.36. The third-order valence-electron chi connectivity index (χ3n) is 8.23. The van der Waals surface area contributed by atoms with Crippen molar-refractivity contribution in [2.45, 2.75) is 30.9 Å². The zero-order valence-corrected chi connectivity index (χ0v) is 26.8. The number of para-hydroxylation sites is 1. The van der Waals surface area contributed by atoms with Gasteiger partial charge in [-0.3, -0.25) is 24.3 Å². The van der Waals surface area contributed by atoms with Crippen molar-refractivity contribution in [2.75, 3.05) is 64.6 Å². The maximum atomic E-state index is 13.5. The first kappa shape index (κ1) is 33.0. The van der Waals surface area contributed by atoms with Crippen molar-refractivity contribution in [1.29, 1.82) is 0 Å². The van der Waals surface area contributed by atoms with E-state index in [1.54, 1.807) is 43.4 Å². The highest BCUT2D eigenvalue weighted by Gasteiger charge is 2.41. The number of nitrogens with one attached hydrogen (secondary N) is 1. The number of aromatic nitrogens is 1. The van der Waals surface area contributed by atoms with E-state index in [1.807, 2.05) is 18.2 Å². The molecule has 2 amide bonds. The molecule has 0 saturated carbocycles. The summed E-state index contributed by atoms with van der Waals surface area (Å²) in [5.41, 5.74) is 0.197. The minimum atomic E-state index is -1.00. The number of likely N-dealkylation sites (N-methyl/N-ethyl adjacent to an activating group) is 1. The molecule has 3 aliphatic rings. The van der Waals surface area contributed by atoms with Crippen LogP contribution in [-0.2, 0) is 23.8 Å². The fraction of sp³-hybridized carbons (Fsp3) is 0.389. The first-order valence-electron chi connectivity index (χ1n) is 16.0. The molecule has 0 aliphatic carbocycles. The van der Waals surface area contributed by atoms with E-state index in [1.165, 1.54) is 17.2 Å². The Morgan fingerprint density at radius 2 is 1.83 bits per heavy atom. The molecule has 1 atom stereocenters. The normalized spacial score (nSPS) is 18.6. The Balaban J connectivity index is 1.05. The van der Waals surface area contributed by atoms with E-state index in [4.69, 9.17) is 23.7 Å². The van der Waals surface area contributed by atoms with Gasteiger partial charge < -0.3 is 33.9 Å². The molecule has 48 heavy (non-hydrogen) atoms. The van der Waals surface area contributed by atoms with Gasteiger partial charge in [-0.15, -0.1) is 0 Å². The summed E-state index contributed by atoms with van der Waals surface area (Å²) < 4.78 is 28.3. The number of hydrogen-bond donors (Lipinski definition) is 1. The van der Waals surface area contributed by atoms with Crippen LogP contribution in [-0.4, -0.2) is 99.0 Å². The molecule has 250 valence electrons. The van der Waals surface area contributed by atoms with Crippen LogP contribution in [0.4, 0.5) is 5.69 Å². The minimum Gasteiger partial charge on any atom is -0.489 e. The van der Waals surface area contributed by atoms with Crippen LogP contribution < -0.4 is 19.7 Å². The van der Waals surface area contributed by atoms with Crippen LogP contribution in [0, 0.1) is 11.8 Å². The zero-order valence-electron chi connectivity index (χ0n) is 26.8. The molecule has 3 aromatic rings. The number of carbonyl (C=O) groups is 3. The quantitative estimate of drug-likeness (QED) is 0.198. The van der Waals surface area contributed by atoms with Gasteiger partial charge in [0.2, 0.25) is 5.60 Å². The lowest BCUT2D eigenvalue weighted by Crippen LogP contribution is -2.52. The number of carbonyl (C=O) groups excluding carboxylic acids is 3. The summed E-state index contributed by atoms with van der Waals surface area (Å²) in [5, 5.41) is 2.74. The molecule has 6 rings (SSSR count). The highest BCUT2D eigenvalue weighted by atomic mass is 16.6. The Morgan fingerprint density at radius 1 is 1.02 bits per heavy atom. The average molecular weight is 655 g/mol. The number of unbranched alkanes of at least 4 members (excludes halogenated alkanes) is 1. The number of ether oxygens (including phenoxy) is 5. The molecule has 3 aliphatic heterocycles. The fourth-order valence-corrected chi connectivity index (χ4v) is 5.46. The minimum absolute atomic E-state index is 0.0734. The monoisotopic (exact) mass is 654 g/mol. The van der Waals surface area contributed by atoms with Crippen molar-refractivity contribution in [3.63, 3.8) is 0 Å². The van der Waals surface area contributed by atoms with Crippen LogP contribution in [0.5, 0.6) is 17.2 Å². The van der Waals surface area contributed by atoms with Crippen molar-refractivity contribution in [3.8, 4) is 29.1 Å². The predicted octanol–water partition coefficient (Wildman–Crippen LogP) is 3.19. The van der Waals surface area contributed by atoms with Crippen LogP contribution in [0.15, 0.2) is 66.9 Å². The lowest BCUT2D eigenvalue weighted by molar-refractivity contribution is -0.192. The van der Waals surface area contributed by atoms with E-state index < -0.39 is 17.6 Å². The summed E-state index contributed by atoms with van der Waals surface area (Å²) in [6.07, 6.45) is 3.43. The maximum Gasteiger partial charge on any atom is 0.307 e. The Labute approximate surface area is 279 Å². The van der Waals surface area contributed by atoms with Gasteiger partial charge in [0.05, 0.1) is 18.9 Å². The van der Waals surface area contributed by atoms with Crippen LogP contribution in [0.3, 0.4) is 0 Å². The standard InChI is InChI=1S/C36H38N4O8/c1-39-31-21-26(12-14-36(24-45-25-36)48-33(41)9-5-6-16-40-17-19-44-20-18-40)10-11-32(31)46-23-30(35(39)43)38-34(42)29-22-28(13-15-37-29)47-27-7-3-2-4-8-27/h2-4,7-8,10-11,13,15,21-22,30H,5-6,9,16-20,23-25H2,1H3,(H,38,42). The molecule has 12 heteroatoms. The molecule has 1 unspecified atom stereocenters. The highest BCUT2D eigenvalue weighted by Crippen LogP contribution is 2.32. The van der Waals surface area contributed by atoms with Crippen LogP contribution in [0.2, 0.25) is 0 Å². The number of morpholine rings is 1. The van der Waals surface area contributed by atoms with Gasteiger partial charge in [-0.2, -0.15) is 0 Å². The first-order valence-corrected chi connectivity index (χ1v) is 16.0. The van der Waals surface area contributed by atoms with Crippen molar-refractivity contribution >= 4 is 23.5 Å². The molecule has 2 fully saturated rings. The van der Waals surface area contributed by atoms with E-state index >= 15 is 0 Å². The Kier molecular flexibility index (Phi) is 10.5. The Bertz CT molecular complexity index is 1680. The SMILES string of the molecule is CN1C(=O)C(NC(=O)c2cc(Oc3ccccc3)ccn2)COc2ccc(C#CC3(OC(=O)CCCCN4CCOCC4)COC3)cc21. The smallest absolute Gasteiger partial charge is 0.307 e. The lowest BCUT2D eigenvalue weighted by atomic mass is 10.0. The first-order chi connectivity index (χ1) is 23.4. The van der Waals surface area contributed by atoms with Crippen molar-refractivity contribution in [2.24, 2.45) is 0 Å². The Morgan fingerprint density at radius 3 is 2.60 bits per heavy atom. The second-order valence-electron chi connectivity index (χ2n) is 11.8. The number of benzene rings is 2. The van der Waals surface area contributed by atoms with Crippen LogP contribution in [0.1, 0.15) is 35.3 Å². The molecule has 0 radical (unpaired) electrons. The number of fused-ring (bicyclic) bond motifs is 1. The second-order valence-corrected chi connectivity index (χ2v) is 11.8. The third kappa shape index (κ3) is 8.30. The number of hydrogen-bond acceptors (Lipinski definition) is 10. The average Bonchev–Trinajstić information content (AvgIpc) is 3.20. The van der Waals surface area contributed by atoms with Gasteiger partial charge in [-0.1, -0.05) is 24.1 Å². The number of nitrogens with zero attached hydrogens (tertiary/aromatic N) is 3. The molecule has 4 heterocycles. The van der Waals surface area contributed by atoms with Crippen LogP contribution >= 0.6 is 0 Å². The van der Waals surface area contributed by atoms with Gasteiger partial charge >= 0.3 is 5.97 Å². The number of rotatable bonds is 10. The number of amides is 2. The van der Waals surface area contributed by atoms with Crippen molar-refractivity contribution in [3.05, 3.63) is 78.1 Å². The predicted molar refractivity (Wildman–Crippen MR) is 175 cm³/mol. The van der Waals surface area contributed by atoms with Crippen molar-refractivity contribution in [1.82, 2.24) is 15.2 Å². The van der Waals surface area contributed by atoms with Gasteiger partial charge in [0.15, 0.2) is 0 Å². The Hall–Kier alpha value is -4.96. The summed E-state index contributed by atoms with van der Waals surface area (Å²) in [6.45, 7) is 4.62. The molecule has 0 spiro atoms. The molecule has 0 bridgehead atoms. The molecule has 12 nitrogen and oxygen atoms in total. The molecule has 1 aromatic heterocycles. The van der Waals surface area contributed by atoms with Gasteiger partial charge in [0.25, 0.3) is 11.8 Å². The van der Waals surface area contributed by atoms with Crippen molar-refractivity contribution < 1.29 is 38.1 Å². The number of pyridine rings is 1. The van der Waals surface area contributed by atoms with E-state index in [0.29, 0.717) is 34.9 Å². The summed E-state index contributed by atoms with van der Waals surface area (Å²) in [6, 6.07) is 16.6. The molecular weight excluding hydrogens is 616 g/mol. The van der Waals surface area contributed by atoms with Gasteiger partial charge in [0.1, 0.15) is 48.8 Å². The van der Waals surface area contributed by atoms with Crippen LogP contribution in [0.25, 0.3) is 0 Å². The summed E-state index contributed by atoms with van der Waals surface area (Å²) in [5.74, 6) is 6.49. The van der Waals surface area contributed by atoms with E-state index in [2.05, 4.69) is 27.0 Å². The fourth-order valence-electron chi connectivity index (χ4n) is 5.46. The summed E-state index contributed by atoms with van der Waals surface area (Å²) in [4.78, 5) is 47.1. The van der Waals surface area contributed by atoms with Gasteiger partial charge in [-0.05, 0) is 61.7 Å². The summed E-state index contributed by atoms with van der Waals surface area (Å²) >= 11 is 0. The number of anilines is 1. The van der Waals surface area contributed by atoms with Gasteiger partial charge in [-0.25, -0.2) is 0 Å². The molecule has 1 N–H and O–H groups in total. The molecule has 2 aromatic carbocycles. The maximum absolute atomic E-state index is 13.5. The summed E-state index contributed by atoms with van der Waals surface area (Å²) in [7, 11) is 1.61. The van der Waals surface area contributed by atoms with Gasteiger partial charge in [0, 0.05) is 44.4 Å². The second kappa shape index (κ2) is 15.3. The largest absolute Gasteiger partial charge is 0.489 e. The zero-order chi connectivity index (χ0) is 33.3. The third-order valence-corrected chi connectivity index (χ3v) is 8.23.